The van der Waals surface area contributed by atoms with Gasteiger partial charge in [0.25, 0.3) is 0 Å². The van der Waals surface area contributed by atoms with E-state index in [0.29, 0.717) is 0 Å². The molecule has 1 aromatic carbocycles. The minimum atomic E-state index is -0.417. The molecule has 1 unspecified atom stereocenters. The number of nitrogens with two attached hydrogens (primary N) is 1. The van der Waals surface area contributed by atoms with Crippen molar-refractivity contribution in [1.29, 1.82) is 0 Å². The number of hydrogen-bond donors (Lipinski definition) is 2. The summed E-state index contributed by atoms with van der Waals surface area (Å²) in [6.45, 7) is 1.85. The number of rotatable bonds is 4. The highest BCUT2D eigenvalue weighted by molar-refractivity contribution is 5.79. The molecule has 0 aromatic heterocycles. The number of nitrogens with one attached hydrogen (secondary N) is 1. The topological polar surface area (TPSA) is 64.3 Å². The summed E-state index contributed by atoms with van der Waals surface area (Å²) >= 11 is 0. The van der Waals surface area contributed by atoms with Gasteiger partial charge in [-0.25, -0.2) is 4.39 Å². The van der Waals surface area contributed by atoms with Gasteiger partial charge in [0.1, 0.15) is 0 Å². The van der Waals surface area contributed by atoms with E-state index >= 15 is 0 Å². The molecule has 1 atom stereocenters. The smallest absolute Gasteiger partial charge is 0.223 e. The van der Waals surface area contributed by atoms with Crippen LogP contribution in [0.4, 0.5) is 4.39 Å². The lowest BCUT2D eigenvalue weighted by Crippen LogP contribution is -2.37. The van der Waals surface area contributed by atoms with Gasteiger partial charge in [-0.2, -0.15) is 0 Å². The highest BCUT2D eigenvalue weighted by Crippen LogP contribution is 2.25. The summed E-state index contributed by atoms with van der Waals surface area (Å²) < 4.78 is 18.6. The number of halogens is 1. The molecule has 5 heteroatoms. The fourth-order valence-electron chi connectivity index (χ4n) is 2.75. The Balaban J connectivity index is 1.96. The maximum atomic E-state index is 13.7. The van der Waals surface area contributed by atoms with Gasteiger partial charge >= 0.3 is 0 Å². The van der Waals surface area contributed by atoms with Gasteiger partial charge < -0.3 is 15.8 Å². The van der Waals surface area contributed by atoms with Crippen molar-refractivity contribution in [2.45, 2.75) is 44.7 Å². The van der Waals surface area contributed by atoms with E-state index < -0.39 is 5.82 Å². The van der Waals surface area contributed by atoms with E-state index in [1.165, 1.54) is 13.2 Å². The number of amides is 1. The van der Waals surface area contributed by atoms with Crippen LogP contribution in [0, 0.1) is 11.7 Å². The van der Waals surface area contributed by atoms with Gasteiger partial charge in [0.2, 0.25) is 5.91 Å². The molecular weight excluding hydrogens is 271 g/mol. The van der Waals surface area contributed by atoms with Crippen LogP contribution in [0.5, 0.6) is 5.75 Å². The van der Waals surface area contributed by atoms with Crippen LogP contribution in [0.25, 0.3) is 0 Å². The number of benzene rings is 1. The van der Waals surface area contributed by atoms with E-state index in [1.807, 2.05) is 6.92 Å². The van der Waals surface area contributed by atoms with Crippen molar-refractivity contribution in [2.24, 2.45) is 11.7 Å². The van der Waals surface area contributed by atoms with Gasteiger partial charge in [0, 0.05) is 12.0 Å². The predicted octanol–water partition coefficient (Wildman–Crippen LogP) is 2.53. The minimum absolute atomic E-state index is 0.0235. The van der Waals surface area contributed by atoms with Crippen molar-refractivity contribution in [1.82, 2.24) is 5.32 Å². The largest absolute Gasteiger partial charge is 0.494 e. The van der Waals surface area contributed by atoms with Gasteiger partial charge in [-0.15, -0.1) is 0 Å². The van der Waals surface area contributed by atoms with Crippen LogP contribution in [-0.4, -0.2) is 19.1 Å². The van der Waals surface area contributed by atoms with E-state index in [4.69, 9.17) is 10.5 Å². The molecule has 0 bridgehead atoms. The molecule has 1 saturated carbocycles. The molecular formula is C16H23FN2O2. The van der Waals surface area contributed by atoms with E-state index in [0.717, 1.165) is 31.2 Å². The Hall–Kier alpha value is -1.62. The van der Waals surface area contributed by atoms with Crippen LogP contribution in [0.2, 0.25) is 0 Å². The lowest BCUT2D eigenvalue weighted by atomic mass is 9.85. The van der Waals surface area contributed by atoms with Crippen LogP contribution >= 0.6 is 0 Å². The molecule has 1 amide bonds. The van der Waals surface area contributed by atoms with Crippen LogP contribution in [-0.2, 0) is 4.79 Å². The van der Waals surface area contributed by atoms with Crippen molar-refractivity contribution in [2.75, 3.05) is 7.11 Å². The molecule has 1 aliphatic carbocycles. The Morgan fingerprint density at radius 2 is 2.05 bits per heavy atom. The standard InChI is InChI=1S/C16H23FN2O2/c1-10(12-5-8-15(21-2)14(17)9-12)19-16(20)11-3-6-13(18)7-4-11/h5,8-11,13H,3-4,6-7,18H2,1-2H3,(H,19,20). The van der Waals surface area contributed by atoms with Gasteiger partial charge in [0.15, 0.2) is 11.6 Å². The normalized spacial score (nSPS) is 23.4. The summed E-state index contributed by atoms with van der Waals surface area (Å²) in [5.41, 5.74) is 6.58. The highest BCUT2D eigenvalue weighted by Gasteiger charge is 2.25. The van der Waals surface area contributed by atoms with Crippen molar-refractivity contribution < 1.29 is 13.9 Å². The number of carbonyl (C=O) groups is 1. The van der Waals surface area contributed by atoms with E-state index in [9.17, 15) is 9.18 Å². The zero-order valence-corrected chi connectivity index (χ0v) is 12.6. The fraction of sp³-hybridized carbons (Fsp3) is 0.562. The summed E-state index contributed by atoms with van der Waals surface area (Å²) in [7, 11) is 1.43. The van der Waals surface area contributed by atoms with Crippen LogP contribution in [0.15, 0.2) is 18.2 Å². The Kier molecular flexibility index (Phi) is 5.17. The summed E-state index contributed by atoms with van der Waals surface area (Å²) in [5.74, 6) is -0.153. The zero-order chi connectivity index (χ0) is 15.4. The lowest BCUT2D eigenvalue weighted by Gasteiger charge is -2.26. The summed E-state index contributed by atoms with van der Waals surface area (Å²) in [4.78, 5) is 12.2. The summed E-state index contributed by atoms with van der Waals surface area (Å²) in [5, 5.41) is 2.96. The molecule has 4 nitrogen and oxygen atoms in total. The molecule has 1 aliphatic rings. The molecule has 0 spiro atoms. The van der Waals surface area contributed by atoms with E-state index in [2.05, 4.69) is 5.32 Å². The quantitative estimate of drug-likeness (QED) is 0.897. The zero-order valence-electron chi connectivity index (χ0n) is 12.6. The molecule has 0 heterocycles. The molecule has 1 fully saturated rings. The molecule has 21 heavy (non-hydrogen) atoms. The van der Waals surface area contributed by atoms with Gasteiger partial charge in [0.05, 0.1) is 13.2 Å². The first-order valence-electron chi connectivity index (χ1n) is 7.40. The van der Waals surface area contributed by atoms with Crippen LogP contribution in [0.1, 0.15) is 44.2 Å². The third kappa shape index (κ3) is 3.94. The van der Waals surface area contributed by atoms with Gasteiger partial charge in [-0.3, -0.25) is 4.79 Å². The second-order valence-corrected chi connectivity index (χ2v) is 5.74. The first-order chi connectivity index (χ1) is 10.0. The summed E-state index contributed by atoms with van der Waals surface area (Å²) in [6, 6.07) is 4.74. The Bertz CT molecular complexity index is 499. The second kappa shape index (κ2) is 6.89. The lowest BCUT2D eigenvalue weighted by molar-refractivity contribution is -0.126. The van der Waals surface area contributed by atoms with Crippen LogP contribution in [0.3, 0.4) is 0 Å². The maximum absolute atomic E-state index is 13.7. The monoisotopic (exact) mass is 294 g/mol. The van der Waals surface area contributed by atoms with Crippen molar-refractivity contribution >= 4 is 5.91 Å². The number of hydrogen-bond acceptors (Lipinski definition) is 3. The van der Waals surface area contributed by atoms with Crippen molar-refractivity contribution in [3.05, 3.63) is 29.6 Å². The number of carbonyl (C=O) groups excluding carboxylic acids is 1. The average Bonchev–Trinajstić information content (AvgIpc) is 2.47. The van der Waals surface area contributed by atoms with Crippen LogP contribution < -0.4 is 15.8 Å². The predicted molar refractivity (Wildman–Crippen MR) is 79.4 cm³/mol. The molecule has 0 saturated heterocycles. The van der Waals surface area contributed by atoms with Crippen molar-refractivity contribution in [3.8, 4) is 5.75 Å². The SMILES string of the molecule is COc1ccc(C(C)NC(=O)C2CCC(N)CC2)cc1F. The molecule has 2 rings (SSSR count). The van der Waals surface area contributed by atoms with Gasteiger partial charge in [-0.05, 0) is 50.3 Å². The first kappa shape index (κ1) is 15.8. The molecule has 0 aliphatic heterocycles. The summed E-state index contributed by atoms with van der Waals surface area (Å²) in [6.07, 6.45) is 3.45. The van der Waals surface area contributed by atoms with E-state index in [1.54, 1.807) is 12.1 Å². The molecule has 116 valence electrons. The van der Waals surface area contributed by atoms with Crippen molar-refractivity contribution in [3.63, 3.8) is 0 Å². The Labute approximate surface area is 124 Å². The Morgan fingerprint density at radius 1 is 1.38 bits per heavy atom. The Morgan fingerprint density at radius 3 is 2.62 bits per heavy atom. The minimum Gasteiger partial charge on any atom is -0.494 e. The number of methoxy groups -OCH3 is 1. The fourth-order valence-corrected chi connectivity index (χ4v) is 2.75. The average molecular weight is 294 g/mol. The third-order valence-electron chi connectivity index (χ3n) is 4.18. The maximum Gasteiger partial charge on any atom is 0.223 e. The number of ether oxygens (including phenoxy) is 1. The molecule has 1 aromatic rings. The van der Waals surface area contributed by atoms with Gasteiger partial charge in [-0.1, -0.05) is 6.07 Å². The second-order valence-electron chi connectivity index (χ2n) is 5.74. The highest BCUT2D eigenvalue weighted by atomic mass is 19.1. The molecule has 3 N–H and O–H groups in total. The molecule has 0 radical (unpaired) electrons. The third-order valence-corrected chi connectivity index (χ3v) is 4.18. The van der Waals surface area contributed by atoms with E-state index in [-0.39, 0.29) is 29.7 Å². The first-order valence-corrected chi connectivity index (χ1v) is 7.40.